The molecule has 0 amide bonds. The quantitative estimate of drug-likeness (QED) is 0.732. The highest BCUT2D eigenvalue weighted by atomic mass is 32.2. The van der Waals surface area contributed by atoms with Crippen LogP contribution in [0.3, 0.4) is 0 Å². The third kappa shape index (κ3) is 2.67. The van der Waals surface area contributed by atoms with E-state index in [2.05, 4.69) is 12.1 Å². The summed E-state index contributed by atoms with van der Waals surface area (Å²) in [5.41, 5.74) is 1.17. The molecule has 0 atom stereocenters. The van der Waals surface area contributed by atoms with Gasteiger partial charge in [-0.05, 0) is 23.5 Å². The monoisotopic (exact) mass is 236 g/mol. The van der Waals surface area contributed by atoms with Gasteiger partial charge in [-0.2, -0.15) is 0 Å². The van der Waals surface area contributed by atoms with Gasteiger partial charge in [0.15, 0.2) is 6.29 Å². The van der Waals surface area contributed by atoms with Crippen LogP contribution in [-0.4, -0.2) is 17.8 Å². The van der Waals surface area contributed by atoms with E-state index in [1.165, 1.54) is 12.0 Å². The van der Waals surface area contributed by atoms with E-state index in [1.807, 2.05) is 18.2 Å². The number of carbonyl (C=O) groups excluding carboxylic acids is 1. The second kappa shape index (κ2) is 5.42. The fraction of sp³-hybridized carbons (Fsp3) is 0.250. The van der Waals surface area contributed by atoms with Crippen molar-refractivity contribution in [3.05, 3.63) is 40.8 Å². The SMILES string of the molecule is O=CC1=C(c2ccccc2)SCCCS1. The summed E-state index contributed by atoms with van der Waals surface area (Å²) in [4.78, 5) is 13.0. The molecule has 0 saturated carbocycles. The molecule has 1 nitrogen and oxygen atoms in total. The third-order valence-electron chi connectivity index (χ3n) is 2.16. The van der Waals surface area contributed by atoms with Gasteiger partial charge in [0, 0.05) is 4.91 Å². The molecular formula is C12H12OS2. The molecule has 0 N–H and O–H groups in total. The fourth-order valence-electron chi connectivity index (χ4n) is 1.45. The number of allylic oxidation sites excluding steroid dienone is 1. The Morgan fingerprint density at radius 1 is 1.07 bits per heavy atom. The highest BCUT2D eigenvalue weighted by Gasteiger charge is 2.13. The summed E-state index contributed by atoms with van der Waals surface area (Å²) in [6.45, 7) is 0. The molecule has 0 aliphatic carbocycles. The molecule has 1 aliphatic heterocycles. The lowest BCUT2D eigenvalue weighted by Gasteiger charge is -2.06. The van der Waals surface area contributed by atoms with Gasteiger partial charge in [0.05, 0.1) is 4.91 Å². The lowest BCUT2D eigenvalue weighted by molar-refractivity contribution is -0.104. The first-order valence-electron chi connectivity index (χ1n) is 4.92. The molecule has 2 rings (SSSR count). The Hall–Kier alpha value is -0.670. The van der Waals surface area contributed by atoms with Crippen LogP contribution in [0, 0.1) is 0 Å². The van der Waals surface area contributed by atoms with E-state index >= 15 is 0 Å². The minimum atomic E-state index is 0.892. The minimum absolute atomic E-state index is 0.892. The van der Waals surface area contributed by atoms with E-state index in [4.69, 9.17) is 0 Å². The van der Waals surface area contributed by atoms with Gasteiger partial charge in [0.1, 0.15) is 0 Å². The van der Waals surface area contributed by atoms with E-state index in [0.29, 0.717) is 0 Å². The summed E-state index contributed by atoms with van der Waals surface area (Å²) in [6, 6.07) is 10.2. The molecule has 0 spiro atoms. The Balaban J connectivity index is 2.38. The number of hydrogen-bond donors (Lipinski definition) is 0. The van der Waals surface area contributed by atoms with Crippen LogP contribution in [-0.2, 0) is 4.79 Å². The van der Waals surface area contributed by atoms with Crippen LogP contribution in [0.2, 0.25) is 0 Å². The summed E-state index contributed by atoms with van der Waals surface area (Å²) in [6.07, 6.45) is 2.16. The predicted octanol–water partition coefficient (Wildman–Crippen LogP) is 3.42. The molecule has 0 bridgehead atoms. The van der Waals surface area contributed by atoms with Crippen molar-refractivity contribution in [3.8, 4) is 0 Å². The van der Waals surface area contributed by atoms with Crippen LogP contribution < -0.4 is 0 Å². The summed E-state index contributed by atoms with van der Waals surface area (Å²) >= 11 is 3.48. The van der Waals surface area contributed by atoms with E-state index in [9.17, 15) is 4.79 Å². The zero-order valence-corrected chi connectivity index (χ0v) is 9.94. The van der Waals surface area contributed by atoms with Crippen LogP contribution in [0.5, 0.6) is 0 Å². The van der Waals surface area contributed by atoms with Gasteiger partial charge in [-0.15, -0.1) is 23.5 Å². The normalized spacial score (nSPS) is 17.3. The van der Waals surface area contributed by atoms with Gasteiger partial charge >= 0.3 is 0 Å². The molecular weight excluding hydrogens is 224 g/mol. The molecule has 1 aliphatic rings. The molecule has 78 valence electrons. The Morgan fingerprint density at radius 2 is 1.80 bits per heavy atom. The van der Waals surface area contributed by atoms with E-state index in [-0.39, 0.29) is 0 Å². The lowest BCUT2D eigenvalue weighted by Crippen LogP contribution is -1.86. The Labute approximate surface area is 98.3 Å². The minimum Gasteiger partial charge on any atom is -0.297 e. The van der Waals surface area contributed by atoms with Crippen LogP contribution >= 0.6 is 23.5 Å². The van der Waals surface area contributed by atoms with Crippen LogP contribution in [0.25, 0.3) is 4.91 Å². The molecule has 3 heteroatoms. The molecule has 15 heavy (non-hydrogen) atoms. The first-order valence-corrected chi connectivity index (χ1v) is 6.89. The zero-order chi connectivity index (χ0) is 10.5. The van der Waals surface area contributed by atoms with Crippen LogP contribution in [0.4, 0.5) is 0 Å². The Kier molecular flexibility index (Phi) is 3.92. The molecule has 0 saturated heterocycles. The van der Waals surface area contributed by atoms with Crippen molar-refractivity contribution in [1.29, 1.82) is 0 Å². The lowest BCUT2D eigenvalue weighted by atomic mass is 10.2. The predicted molar refractivity (Wildman–Crippen MR) is 69.0 cm³/mol. The number of rotatable bonds is 2. The third-order valence-corrected chi connectivity index (χ3v) is 4.63. The van der Waals surface area contributed by atoms with Gasteiger partial charge in [-0.25, -0.2) is 0 Å². The van der Waals surface area contributed by atoms with Gasteiger partial charge in [-0.3, -0.25) is 4.79 Å². The fourth-order valence-corrected chi connectivity index (χ4v) is 3.80. The molecule has 0 unspecified atom stereocenters. The first kappa shape index (κ1) is 10.8. The van der Waals surface area contributed by atoms with Crippen molar-refractivity contribution in [2.24, 2.45) is 0 Å². The van der Waals surface area contributed by atoms with E-state index < -0.39 is 0 Å². The van der Waals surface area contributed by atoms with E-state index in [1.54, 1.807) is 23.5 Å². The van der Waals surface area contributed by atoms with Crippen molar-refractivity contribution in [3.63, 3.8) is 0 Å². The molecule has 0 fully saturated rings. The number of hydrogen-bond acceptors (Lipinski definition) is 3. The zero-order valence-electron chi connectivity index (χ0n) is 8.31. The van der Waals surface area contributed by atoms with Crippen molar-refractivity contribution in [2.75, 3.05) is 11.5 Å². The summed E-state index contributed by atoms with van der Waals surface area (Å²) in [5, 5.41) is 0. The number of carbonyl (C=O) groups is 1. The van der Waals surface area contributed by atoms with E-state index in [0.717, 1.165) is 27.6 Å². The van der Waals surface area contributed by atoms with Crippen molar-refractivity contribution in [2.45, 2.75) is 6.42 Å². The molecule has 0 radical (unpaired) electrons. The second-order valence-electron chi connectivity index (χ2n) is 3.23. The standard InChI is InChI=1S/C12H12OS2/c13-9-11-12(15-8-4-7-14-11)10-5-2-1-3-6-10/h1-3,5-6,9H,4,7-8H2. The Morgan fingerprint density at radius 3 is 2.53 bits per heavy atom. The second-order valence-corrected chi connectivity index (χ2v) is 5.47. The first-order chi connectivity index (χ1) is 7.42. The topological polar surface area (TPSA) is 17.1 Å². The molecule has 1 heterocycles. The van der Waals surface area contributed by atoms with Gasteiger partial charge in [0.2, 0.25) is 0 Å². The van der Waals surface area contributed by atoms with Crippen molar-refractivity contribution in [1.82, 2.24) is 0 Å². The summed E-state index contributed by atoms with van der Waals surface area (Å²) in [5.74, 6) is 2.16. The number of thioether (sulfide) groups is 2. The smallest absolute Gasteiger partial charge is 0.157 e. The largest absolute Gasteiger partial charge is 0.297 e. The summed E-state index contributed by atoms with van der Waals surface area (Å²) < 4.78 is 0. The number of aldehydes is 1. The van der Waals surface area contributed by atoms with Gasteiger partial charge in [-0.1, -0.05) is 30.3 Å². The highest BCUT2D eigenvalue weighted by molar-refractivity contribution is 8.11. The maximum Gasteiger partial charge on any atom is 0.157 e. The van der Waals surface area contributed by atoms with Gasteiger partial charge in [0.25, 0.3) is 0 Å². The molecule has 1 aromatic rings. The molecule has 0 aromatic heterocycles. The number of benzene rings is 1. The van der Waals surface area contributed by atoms with Crippen molar-refractivity contribution < 1.29 is 4.79 Å². The summed E-state index contributed by atoms with van der Waals surface area (Å²) in [7, 11) is 0. The maximum absolute atomic E-state index is 11.0. The Bertz CT molecular complexity index is 370. The highest BCUT2D eigenvalue weighted by Crippen LogP contribution is 2.38. The van der Waals surface area contributed by atoms with Crippen LogP contribution in [0.1, 0.15) is 12.0 Å². The van der Waals surface area contributed by atoms with Gasteiger partial charge < -0.3 is 0 Å². The average molecular weight is 236 g/mol. The van der Waals surface area contributed by atoms with Crippen molar-refractivity contribution >= 4 is 34.7 Å². The average Bonchev–Trinajstić information content (AvgIpc) is 2.55. The van der Waals surface area contributed by atoms with Crippen LogP contribution in [0.15, 0.2) is 35.2 Å². The maximum atomic E-state index is 11.0. The molecule has 1 aromatic carbocycles.